The lowest BCUT2D eigenvalue weighted by Crippen LogP contribution is -2.67. The molecule has 0 aliphatic carbocycles. The second-order valence-corrected chi connectivity index (χ2v) is 16.6. The van der Waals surface area contributed by atoms with Crippen molar-refractivity contribution in [1.82, 2.24) is 0 Å². The Bertz CT molecular complexity index is 1630. The molecule has 356 valence electrons. The van der Waals surface area contributed by atoms with E-state index in [4.69, 9.17) is 43.6 Å². The van der Waals surface area contributed by atoms with E-state index in [1.165, 1.54) is 13.8 Å². The molecule has 0 radical (unpaired) electrons. The van der Waals surface area contributed by atoms with Gasteiger partial charge in [0.15, 0.2) is 25.2 Å². The van der Waals surface area contributed by atoms with Crippen LogP contribution < -0.4 is 10.8 Å². The van der Waals surface area contributed by atoms with Gasteiger partial charge in [0, 0.05) is 18.4 Å². The summed E-state index contributed by atoms with van der Waals surface area (Å²) in [5, 5.41) is 88.1. The second-order valence-electron chi connectivity index (χ2n) is 14.5. The van der Waals surface area contributed by atoms with Gasteiger partial charge in [0.2, 0.25) is 27.1 Å². The number of carbonyl (C=O) groups is 2. The third-order valence-electron chi connectivity index (χ3n) is 10.2. The van der Waals surface area contributed by atoms with Gasteiger partial charge in [0.05, 0.1) is 31.4 Å². The number of ether oxygens (including phenoxy) is 9. The summed E-state index contributed by atoms with van der Waals surface area (Å²) < 4.78 is 126. The first kappa shape index (κ1) is 51.7. The van der Waals surface area contributed by atoms with E-state index in [2.05, 4.69) is 13.1 Å². The lowest BCUT2D eigenvalue weighted by Gasteiger charge is -2.50. The third kappa shape index (κ3) is 13.5. The van der Waals surface area contributed by atoms with Crippen LogP contribution in [0.25, 0.3) is 0 Å². The lowest BCUT2D eigenvalue weighted by atomic mass is 9.91. The highest BCUT2D eigenvalue weighted by atomic mass is 32.3. The molecule has 20 atom stereocenters. The molecular formula is C31H50NO27S2-3. The average molecular weight is 933 g/mol. The number of rotatable bonds is 21. The molecule has 8 unspecified atom stereocenters. The smallest absolute Gasteiger partial charge is 0.295 e. The fourth-order valence-electron chi connectivity index (χ4n) is 6.84. The summed E-state index contributed by atoms with van der Waals surface area (Å²) in [5.41, 5.74) is 5.49. The first-order valence-corrected chi connectivity index (χ1v) is 21.3. The zero-order chi connectivity index (χ0) is 45.6. The molecule has 0 aromatic heterocycles. The zero-order valence-corrected chi connectivity index (χ0v) is 33.9. The Morgan fingerprint density at radius 1 is 0.623 bits per heavy atom. The maximum atomic E-state index is 12.4. The first-order valence-electron chi connectivity index (χ1n) is 18.7. The summed E-state index contributed by atoms with van der Waals surface area (Å²) in [6.07, 6.45) is -33.7. The quantitative estimate of drug-likeness (QED) is 0.0229. The molecule has 0 aromatic rings. The van der Waals surface area contributed by atoms with E-state index in [1.54, 1.807) is 0 Å². The summed E-state index contributed by atoms with van der Waals surface area (Å²) in [6.45, 7) is 0.644. The molecule has 9 N–H and O–H groups in total. The van der Waals surface area contributed by atoms with Crippen LogP contribution in [0.5, 0.6) is 0 Å². The Morgan fingerprint density at radius 2 is 1.10 bits per heavy atom. The molecule has 4 saturated heterocycles. The Kier molecular flexibility index (Phi) is 18.9. The Morgan fingerprint density at radius 3 is 1.61 bits per heavy atom. The maximum Gasteiger partial charge on any atom is 0.295 e. The number of aliphatic carboxylic acids is 1. The van der Waals surface area contributed by atoms with E-state index >= 15 is 0 Å². The van der Waals surface area contributed by atoms with Gasteiger partial charge in [-0.25, -0.2) is 16.8 Å². The van der Waals surface area contributed by atoms with Gasteiger partial charge in [0.25, 0.3) is 6.47 Å². The van der Waals surface area contributed by atoms with Crippen LogP contribution >= 0.6 is 0 Å². The van der Waals surface area contributed by atoms with E-state index < -0.39 is 163 Å². The molecule has 28 nitrogen and oxygen atoms in total. The van der Waals surface area contributed by atoms with Gasteiger partial charge in [0.1, 0.15) is 67.1 Å². The Balaban J connectivity index is 1.53. The molecule has 0 amide bonds. The number of hydrogen-bond donors (Lipinski definition) is 8. The molecule has 0 saturated carbocycles. The van der Waals surface area contributed by atoms with Crippen LogP contribution in [0.3, 0.4) is 0 Å². The number of carbonyl (C=O) groups excluding carboxylic acids is 2. The summed E-state index contributed by atoms with van der Waals surface area (Å²) in [4.78, 5) is 23.3. The van der Waals surface area contributed by atoms with Crippen LogP contribution in [-0.2, 0) is 81.4 Å². The number of aliphatic hydroxyl groups is 7. The zero-order valence-electron chi connectivity index (χ0n) is 32.3. The van der Waals surface area contributed by atoms with Crippen LogP contribution in [-0.4, -0.2) is 211 Å². The molecule has 61 heavy (non-hydrogen) atoms. The van der Waals surface area contributed by atoms with Crippen molar-refractivity contribution >= 4 is 33.2 Å². The van der Waals surface area contributed by atoms with Gasteiger partial charge >= 0.3 is 0 Å². The van der Waals surface area contributed by atoms with Gasteiger partial charge in [-0.05, 0) is 25.8 Å². The second kappa shape index (κ2) is 22.3. The minimum Gasteiger partial charge on any atom is -0.726 e. The van der Waals surface area contributed by atoms with Crippen molar-refractivity contribution in [3.05, 3.63) is 0 Å². The van der Waals surface area contributed by atoms with Crippen molar-refractivity contribution in [2.45, 2.75) is 144 Å². The van der Waals surface area contributed by atoms with E-state index in [-0.39, 0.29) is 13.1 Å². The van der Waals surface area contributed by atoms with E-state index in [0.717, 1.165) is 0 Å². The third-order valence-corrected chi connectivity index (χ3v) is 11.1. The van der Waals surface area contributed by atoms with E-state index in [1.807, 2.05) is 0 Å². The molecule has 0 aromatic carbocycles. The number of hydrogen-bond acceptors (Lipinski definition) is 28. The largest absolute Gasteiger partial charge is 0.726 e. The van der Waals surface area contributed by atoms with Gasteiger partial charge in [-0.2, -0.15) is 0 Å². The molecule has 0 spiro atoms. The molecule has 4 fully saturated rings. The number of carboxylic acids is 1. The maximum absolute atomic E-state index is 12.4. The summed E-state index contributed by atoms with van der Waals surface area (Å²) in [6, 6.07) is 0. The van der Waals surface area contributed by atoms with Crippen LogP contribution in [0.1, 0.15) is 33.1 Å². The fraction of sp³-hybridized carbons (Fsp3) is 0.935. The summed E-state index contributed by atoms with van der Waals surface area (Å²) >= 11 is 0. The van der Waals surface area contributed by atoms with Crippen molar-refractivity contribution in [2.75, 3.05) is 26.4 Å². The van der Waals surface area contributed by atoms with Crippen molar-refractivity contribution < 1.29 is 127 Å². The van der Waals surface area contributed by atoms with Gasteiger partial charge in [-0.1, -0.05) is 13.8 Å². The van der Waals surface area contributed by atoms with Crippen LogP contribution in [0.4, 0.5) is 0 Å². The standard InChI is InChI=1S/C31H53NO27S2/c1-11-15(34)22(13(8-51-60(43,44)45)53-27(11)49-7-5-3-4-6-32)55-30-21(40)18(37)24(25(58-30)26(41)42)57-28-12(2)16(35)23(14(54-28)9-52-61(46,47)48)56-31-20(39)17(36)19(38)29(59-31)50-10-33/h10-25,27-31,34-40H,3-9,32H2,1-2H3,(H,41,42)(H,43,44,45)(H,46,47,48)/p-3/t11?,12?,13-,14?,15?,16+,17+,18?,19-,20?,21?,22+,23+,24-,25+,27-,28+,29?,30+,31+/m0/s1. The molecular weight excluding hydrogens is 882 g/mol. The molecule has 30 heteroatoms. The number of unbranched alkanes of at least 4 members (excludes halogenated alkanes) is 2. The van der Waals surface area contributed by atoms with Crippen molar-refractivity contribution in [2.24, 2.45) is 17.6 Å². The molecule has 4 rings (SSSR count). The monoisotopic (exact) mass is 932 g/mol. The van der Waals surface area contributed by atoms with Crippen LogP contribution in [0, 0.1) is 11.8 Å². The highest BCUT2D eigenvalue weighted by Gasteiger charge is 2.55. The van der Waals surface area contributed by atoms with Crippen LogP contribution in [0.15, 0.2) is 0 Å². The Hall–Kier alpha value is -1.96. The molecule has 0 bridgehead atoms. The predicted octanol–water partition coefficient (Wildman–Crippen LogP) is -8.18. The normalized spacial score (nSPS) is 42.5. The summed E-state index contributed by atoms with van der Waals surface area (Å²) in [7, 11) is -10.8. The molecule has 4 aliphatic rings. The van der Waals surface area contributed by atoms with Gasteiger partial charge < -0.3 is 103 Å². The summed E-state index contributed by atoms with van der Waals surface area (Å²) in [5.74, 6) is -4.50. The highest BCUT2D eigenvalue weighted by Crippen LogP contribution is 2.37. The number of aliphatic hydroxyl groups excluding tert-OH is 7. The van der Waals surface area contributed by atoms with E-state index in [0.29, 0.717) is 25.8 Å². The number of carboxylic acid groups (broad SMARTS) is 1. The molecule has 4 aliphatic heterocycles. The van der Waals surface area contributed by atoms with Crippen LogP contribution in [0.2, 0.25) is 0 Å². The predicted molar refractivity (Wildman–Crippen MR) is 182 cm³/mol. The van der Waals surface area contributed by atoms with Crippen molar-refractivity contribution in [3.8, 4) is 0 Å². The SMILES string of the molecule is CC1C(O)[C@H](O[C@@H]2O[C@@H](C(=O)[O-])[C@@H](O[C@H]3OC(COS(=O)(=O)[O-])[C@@H](O[C@@H]4OC(OC=O)[C@@H](O)[C@@H](O)C4O)[C@H](O)C3C)C(O)C2O)[C@H](COS(=O)(=O)[O-])O[C@@H]1OCCCCCN. The van der Waals surface area contributed by atoms with Crippen molar-refractivity contribution in [3.63, 3.8) is 0 Å². The Labute approximate surface area is 348 Å². The molecule has 4 heterocycles. The highest BCUT2D eigenvalue weighted by molar-refractivity contribution is 7.81. The van der Waals surface area contributed by atoms with Crippen molar-refractivity contribution in [1.29, 1.82) is 0 Å². The van der Waals surface area contributed by atoms with Gasteiger partial charge in [-0.3, -0.25) is 13.2 Å². The topological polar surface area (TPSA) is 441 Å². The van der Waals surface area contributed by atoms with Gasteiger partial charge in [-0.15, -0.1) is 0 Å². The average Bonchev–Trinajstić information content (AvgIpc) is 3.18. The minimum atomic E-state index is -5.49. The fourth-order valence-corrected chi connectivity index (χ4v) is 7.44. The lowest BCUT2D eigenvalue weighted by molar-refractivity contribution is -0.394. The number of nitrogens with two attached hydrogens (primary N) is 1. The first-order chi connectivity index (χ1) is 28.5. The van der Waals surface area contributed by atoms with E-state index in [9.17, 15) is 76.4 Å². The minimum absolute atomic E-state index is 0.108.